The van der Waals surface area contributed by atoms with E-state index in [4.69, 9.17) is 45.5 Å². The Morgan fingerprint density at radius 3 is 1.40 bits per heavy atom. The molecule has 5 aliphatic rings. The van der Waals surface area contributed by atoms with Crippen LogP contribution in [0.2, 0.25) is 0 Å². The second kappa shape index (κ2) is 28.2. The molecule has 1 amide bonds. The summed E-state index contributed by atoms with van der Waals surface area (Å²) in [5, 5.41) is 10.9. The first-order valence-electron chi connectivity index (χ1n) is 32.0. The molecule has 0 radical (unpaired) electrons. The maximum absolute atomic E-state index is 12.7. The minimum atomic E-state index is -0.208. The number of rotatable bonds is 14. The summed E-state index contributed by atoms with van der Waals surface area (Å²) in [5.41, 5.74) is 20.7. The van der Waals surface area contributed by atoms with E-state index in [1.165, 1.54) is 64.5 Å². The molecule has 16 heteroatoms. The summed E-state index contributed by atoms with van der Waals surface area (Å²) in [5.74, 6) is 4.22. The molecule has 3 saturated heterocycles. The predicted molar refractivity (Wildman–Crippen MR) is 347 cm³/mol. The summed E-state index contributed by atoms with van der Waals surface area (Å²) in [4.78, 5) is 35.3. The third-order valence-corrected chi connectivity index (χ3v) is 19.3. The van der Waals surface area contributed by atoms with Gasteiger partial charge in [0, 0.05) is 68.5 Å². The van der Waals surface area contributed by atoms with Crippen molar-refractivity contribution < 1.29 is 28.8 Å². The number of piperidine rings is 2. The highest BCUT2D eigenvalue weighted by Gasteiger charge is 2.41. The van der Waals surface area contributed by atoms with Crippen molar-refractivity contribution >= 4 is 39.8 Å². The Balaban J connectivity index is 0.000000160. The van der Waals surface area contributed by atoms with Crippen LogP contribution in [0.4, 0.5) is 16.4 Å². The van der Waals surface area contributed by atoms with Crippen molar-refractivity contribution in [1.29, 1.82) is 0 Å². The number of fused-ring (bicyclic) bond motifs is 2. The number of aromatic nitrogens is 6. The highest BCUT2D eigenvalue weighted by Crippen LogP contribution is 2.51. The maximum Gasteiger partial charge on any atom is 0.410 e. The van der Waals surface area contributed by atoms with E-state index in [9.17, 15) is 4.79 Å². The van der Waals surface area contributed by atoms with Crippen molar-refractivity contribution in [3.8, 4) is 45.3 Å². The lowest BCUT2D eigenvalue weighted by Gasteiger charge is -2.46. The first-order chi connectivity index (χ1) is 43.2. The molecule has 9 aromatic rings. The molecule has 2 saturated carbocycles. The molecule has 458 valence electrons. The minimum Gasteiger partial charge on any atom is -0.457 e. The number of ether oxygens (including phenoxy) is 4. The zero-order valence-electron chi connectivity index (χ0n) is 50.6. The average molecular weight is 1190 g/mol. The number of benzene rings is 5. The Bertz CT molecular complexity index is 3650. The molecule has 14 rings (SSSR count). The lowest BCUT2D eigenvalue weighted by Crippen LogP contribution is -2.44. The van der Waals surface area contributed by atoms with Crippen molar-refractivity contribution in [3.63, 3.8) is 0 Å². The molecule has 2 spiro atoms. The van der Waals surface area contributed by atoms with Gasteiger partial charge in [0.15, 0.2) is 0 Å². The van der Waals surface area contributed by atoms with Crippen LogP contribution in [-0.2, 0) is 16.1 Å². The van der Waals surface area contributed by atoms with E-state index in [2.05, 4.69) is 60.7 Å². The van der Waals surface area contributed by atoms with E-state index in [0.29, 0.717) is 42.3 Å². The molecule has 0 atom stereocenters. The Hall–Kier alpha value is -8.31. The summed E-state index contributed by atoms with van der Waals surface area (Å²) >= 11 is 0. The standard InChI is InChI=1S/C36H37N5O3.C32H39N5O2.C4H8O/c37-33-32-31(27-11-13-30(14-12-27)44-29-9-5-2-6-10-29)23-41(34(32)39-25-38-33)28-15-17-36(18-16-28)19-21-40(22-20-36)35(42)43-24-26-7-3-1-4-8-26;33-30-29-28(24-8-10-27(11-9-24)39-26-6-2-1-3-7-26)22-37(31(29)35-23-34-30)25-12-14-32(15-13-25)16-19-36(20-17-32)18-4-5-21-38;1-2-4-5-3-1/h1-14,23,25,28H,15-22,24H2,(H2,37,38,39);1-3,6-11,22-23,25,38H,4-5,12-21H2,(H2,33,34,35);1-4H2. The largest absolute Gasteiger partial charge is 0.457 e. The number of carbonyl (C=O) groups is 1. The van der Waals surface area contributed by atoms with Gasteiger partial charge in [0.25, 0.3) is 0 Å². The number of aliphatic hydroxyl groups excluding tert-OH is 1. The molecule has 5 aromatic carbocycles. The summed E-state index contributed by atoms with van der Waals surface area (Å²) in [6.45, 7) is 7.64. The van der Waals surface area contributed by atoms with E-state index in [1.807, 2.05) is 120 Å². The number of hydrogen-bond acceptors (Lipinski definition) is 13. The maximum atomic E-state index is 12.7. The van der Waals surface area contributed by atoms with Crippen molar-refractivity contribution in [2.75, 3.05) is 64.0 Å². The second-order valence-electron chi connectivity index (χ2n) is 24.8. The summed E-state index contributed by atoms with van der Waals surface area (Å²) in [6.07, 6.45) is 25.8. The number of nitrogens with zero attached hydrogens (tertiary/aromatic N) is 8. The van der Waals surface area contributed by atoms with Gasteiger partial charge >= 0.3 is 6.09 Å². The first-order valence-corrected chi connectivity index (χ1v) is 32.0. The number of nitrogen functional groups attached to an aromatic ring is 2. The van der Waals surface area contributed by atoms with Crippen molar-refractivity contribution in [2.24, 2.45) is 10.8 Å². The number of unbranched alkanes of at least 4 members (excludes halogenated alkanes) is 1. The monoisotopic (exact) mass is 1180 g/mol. The number of carbonyl (C=O) groups excluding carboxylic acids is 1. The van der Waals surface area contributed by atoms with Gasteiger partial charge in [-0.3, -0.25) is 0 Å². The molecule has 7 heterocycles. The lowest BCUT2D eigenvalue weighted by atomic mass is 9.67. The molecular weight excluding hydrogens is 1100 g/mol. The molecule has 4 aromatic heterocycles. The molecule has 2 aliphatic carbocycles. The van der Waals surface area contributed by atoms with Crippen LogP contribution in [0.25, 0.3) is 44.3 Å². The molecule has 0 bridgehead atoms. The zero-order valence-corrected chi connectivity index (χ0v) is 50.6. The molecule has 16 nitrogen and oxygen atoms in total. The number of likely N-dealkylation sites (tertiary alicyclic amines) is 2. The first kappa shape index (κ1) is 60.0. The Labute approximate surface area is 516 Å². The zero-order chi connectivity index (χ0) is 60.1. The van der Waals surface area contributed by atoms with Crippen LogP contribution in [0, 0.1) is 10.8 Å². The fourth-order valence-corrected chi connectivity index (χ4v) is 14.0. The van der Waals surface area contributed by atoms with Crippen molar-refractivity contribution in [1.82, 2.24) is 38.9 Å². The normalized spacial score (nSPS) is 18.3. The van der Waals surface area contributed by atoms with Crippen molar-refractivity contribution in [3.05, 3.63) is 170 Å². The third kappa shape index (κ3) is 14.3. The summed E-state index contributed by atoms with van der Waals surface area (Å²) in [6, 6.07) is 46.5. The SMILES string of the molecule is C1CCOC1.Nc1ncnc2c1c(-c1ccc(Oc3ccccc3)cc1)cn2C1CCC2(CC1)CCN(C(=O)OCc1ccccc1)CC2.Nc1ncnc2c1c(-c1ccc(Oc3ccccc3)cc1)cn2C1CCC2(CC1)CCN(CCCCO)CC2. The smallest absolute Gasteiger partial charge is 0.410 e. The van der Waals surface area contributed by atoms with Gasteiger partial charge < -0.3 is 54.5 Å². The van der Waals surface area contributed by atoms with Gasteiger partial charge in [0.1, 0.15) is 65.2 Å². The number of nitrogens with two attached hydrogens (primary N) is 2. The van der Waals surface area contributed by atoms with Crippen LogP contribution in [0.1, 0.15) is 120 Å². The van der Waals surface area contributed by atoms with E-state index < -0.39 is 0 Å². The van der Waals surface area contributed by atoms with Crippen LogP contribution >= 0.6 is 0 Å². The van der Waals surface area contributed by atoms with Gasteiger partial charge in [0.2, 0.25) is 0 Å². The molecular formula is C72H84N10O6. The van der Waals surface area contributed by atoms with E-state index in [-0.39, 0.29) is 11.5 Å². The van der Waals surface area contributed by atoms with Crippen LogP contribution < -0.4 is 20.9 Å². The fraction of sp³-hybridized carbons (Fsp3) is 0.403. The number of aliphatic hydroxyl groups is 1. The number of hydrogen-bond donors (Lipinski definition) is 3. The van der Waals surface area contributed by atoms with E-state index >= 15 is 0 Å². The summed E-state index contributed by atoms with van der Waals surface area (Å²) < 4.78 is 27.2. The highest BCUT2D eigenvalue weighted by molar-refractivity contribution is 6.01. The highest BCUT2D eigenvalue weighted by atomic mass is 16.6. The molecule has 5 fully saturated rings. The van der Waals surface area contributed by atoms with Gasteiger partial charge in [0.05, 0.1) is 10.8 Å². The van der Waals surface area contributed by atoms with E-state index in [0.717, 1.165) is 157 Å². The van der Waals surface area contributed by atoms with Gasteiger partial charge in [-0.15, -0.1) is 0 Å². The topological polar surface area (TPSA) is 194 Å². The van der Waals surface area contributed by atoms with Gasteiger partial charge in [-0.25, -0.2) is 24.7 Å². The molecule has 3 aliphatic heterocycles. The minimum absolute atomic E-state index is 0.208. The number of amides is 1. The molecule has 0 unspecified atom stereocenters. The predicted octanol–water partition coefficient (Wildman–Crippen LogP) is 15.2. The number of anilines is 2. The van der Waals surface area contributed by atoms with Crippen LogP contribution in [0.5, 0.6) is 23.0 Å². The Kier molecular flexibility index (Phi) is 19.3. The third-order valence-electron chi connectivity index (χ3n) is 19.3. The quantitative estimate of drug-likeness (QED) is 0.0872. The Morgan fingerprint density at radius 1 is 0.534 bits per heavy atom. The van der Waals surface area contributed by atoms with Crippen molar-refractivity contribution in [2.45, 2.75) is 121 Å². The second-order valence-corrected chi connectivity index (χ2v) is 24.8. The van der Waals surface area contributed by atoms with Gasteiger partial charge in [-0.1, -0.05) is 91.0 Å². The lowest BCUT2D eigenvalue weighted by molar-refractivity contribution is 0.0384. The summed E-state index contributed by atoms with van der Waals surface area (Å²) in [7, 11) is 0. The molecule has 5 N–H and O–H groups in total. The number of para-hydroxylation sites is 2. The molecule has 88 heavy (non-hydrogen) atoms. The fourth-order valence-electron chi connectivity index (χ4n) is 14.0. The van der Waals surface area contributed by atoms with Gasteiger partial charge in [-0.2, -0.15) is 0 Å². The van der Waals surface area contributed by atoms with E-state index in [1.54, 1.807) is 12.7 Å². The Morgan fingerprint density at radius 2 is 0.966 bits per heavy atom. The van der Waals surface area contributed by atoms with Crippen LogP contribution in [0.15, 0.2) is 165 Å². The average Bonchev–Trinajstić information content (AvgIpc) is 2.48. The van der Waals surface area contributed by atoms with Crippen LogP contribution in [-0.4, -0.2) is 103 Å². The van der Waals surface area contributed by atoms with Gasteiger partial charge in [-0.05, 0) is 198 Å². The van der Waals surface area contributed by atoms with Crippen LogP contribution in [0.3, 0.4) is 0 Å².